The van der Waals surface area contributed by atoms with E-state index in [1.165, 1.54) is 24.8 Å². The zero-order valence-electron chi connectivity index (χ0n) is 11.5. The van der Waals surface area contributed by atoms with Crippen LogP contribution >= 0.6 is 0 Å². The molecule has 1 N–H and O–H groups in total. The van der Waals surface area contributed by atoms with Crippen LogP contribution in [-0.4, -0.2) is 26.4 Å². The molecule has 1 fully saturated rings. The SMILES string of the molecule is COc1cc(C)ccc1NC1CCCC(OC)C1. The predicted molar refractivity (Wildman–Crippen MR) is 74.4 cm³/mol. The van der Waals surface area contributed by atoms with Crippen LogP contribution in [0, 0.1) is 6.92 Å². The average molecular weight is 249 g/mol. The molecule has 100 valence electrons. The molecule has 0 amide bonds. The summed E-state index contributed by atoms with van der Waals surface area (Å²) in [6, 6.07) is 6.77. The van der Waals surface area contributed by atoms with Crippen LogP contribution < -0.4 is 10.1 Å². The number of methoxy groups -OCH3 is 2. The molecule has 1 aromatic rings. The van der Waals surface area contributed by atoms with E-state index in [1.807, 2.05) is 0 Å². The van der Waals surface area contributed by atoms with Gasteiger partial charge in [-0.1, -0.05) is 6.07 Å². The fraction of sp³-hybridized carbons (Fsp3) is 0.600. The topological polar surface area (TPSA) is 30.5 Å². The summed E-state index contributed by atoms with van der Waals surface area (Å²) in [5.41, 5.74) is 2.31. The molecule has 3 heteroatoms. The zero-order valence-corrected chi connectivity index (χ0v) is 11.5. The molecule has 0 aromatic heterocycles. The molecule has 1 aliphatic rings. The fourth-order valence-electron chi connectivity index (χ4n) is 2.63. The highest BCUT2D eigenvalue weighted by Gasteiger charge is 2.22. The van der Waals surface area contributed by atoms with E-state index < -0.39 is 0 Å². The molecule has 2 atom stereocenters. The molecule has 3 nitrogen and oxygen atoms in total. The third-order valence-electron chi connectivity index (χ3n) is 3.68. The third-order valence-corrected chi connectivity index (χ3v) is 3.68. The monoisotopic (exact) mass is 249 g/mol. The Bertz CT molecular complexity index is 392. The number of rotatable bonds is 4. The normalized spacial score (nSPS) is 23.7. The smallest absolute Gasteiger partial charge is 0.142 e. The van der Waals surface area contributed by atoms with Gasteiger partial charge in [-0.3, -0.25) is 0 Å². The van der Waals surface area contributed by atoms with Gasteiger partial charge in [0.25, 0.3) is 0 Å². The lowest BCUT2D eigenvalue weighted by Gasteiger charge is -2.30. The van der Waals surface area contributed by atoms with Gasteiger partial charge in [0.15, 0.2) is 0 Å². The van der Waals surface area contributed by atoms with Crippen LogP contribution in [0.1, 0.15) is 31.2 Å². The van der Waals surface area contributed by atoms with Crippen LogP contribution in [0.15, 0.2) is 18.2 Å². The van der Waals surface area contributed by atoms with Gasteiger partial charge in [0.05, 0.1) is 18.9 Å². The molecular weight excluding hydrogens is 226 g/mol. The van der Waals surface area contributed by atoms with E-state index >= 15 is 0 Å². The zero-order chi connectivity index (χ0) is 13.0. The summed E-state index contributed by atoms with van der Waals surface area (Å²) >= 11 is 0. The number of hydrogen-bond acceptors (Lipinski definition) is 3. The van der Waals surface area contributed by atoms with Gasteiger partial charge in [-0.25, -0.2) is 0 Å². The molecule has 2 rings (SSSR count). The Morgan fingerprint density at radius 1 is 1.22 bits per heavy atom. The first kappa shape index (κ1) is 13.2. The highest BCUT2D eigenvalue weighted by atomic mass is 16.5. The van der Waals surface area contributed by atoms with Gasteiger partial charge in [0.2, 0.25) is 0 Å². The maximum Gasteiger partial charge on any atom is 0.142 e. The average Bonchev–Trinajstić information content (AvgIpc) is 2.41. The number of benzene rings is 1. The summed E-state index contributed by atoms with van der Waals surface area (Å²) in [6.07, 6.45) is 5.08. The van der Waals surface area contributed by atoms with Crippen molar-refractivity contribution >= 4 is 5.69 Å². The minimum Gasteiger partial charge on any atom is -0.495 e. The van der Waals surface area contributed by atoms with Gasteiger partial charge in [-0.15, -0.1) is 0 Å². The van der Waals surface area contributed by atoms with Gasteiger partial charge < -0.3 is 14.8 Å². The van der Waals surface area contributed by atoms with E-state index in [0.29, 0.717) is 12.1 Å². The lowest BCUT2D eigenvalue weighted by Crippen LogP contribution is -2.31. The third kappa shape index (κ3) is 3.16. The summed E-state index contributed by atoms with van der Waals surface area (Å²) in [6.45, 7) is 2.08. The first-order chi connectivity index (χ1) is 8.72. The standard InChI is InChI=1S/C15H23NO2/c1-11-7-8-14(15(9-11)18-3)16-12-5-4-6-13(10-12)17-2/h7-9,12-13,16H,4-6,10H2,1-3H3. The molecule has 1 aromatic carbocycles. The van der Waals surface area contributed by atoms with Crippen LogP contribution in [0.5, 0.6) is 5.75 Å². The Labute approximate surface area is 109 Å². The van der Waals surface area contributed by atoms with Gasteiger partial charge in [-0.05, 0) is 50.3 Å². The summed E-state index contributed by atoms with van der Waals surface area (Å²) in [5.74, 6) is 0.926. The number of hydrogen-bond donors (Lipinski definition) is 1. The van der Waals surface area contributed by atoms with Crippen molar-refractivity contribution in [2.75, 3.05) is 19.5 Å². The first-order valence-electron chi connectivity index (χ1n) is 6.67. The number of nitrogens with one attached hydrogen (secondary N) is 1. The van der Waals surface area contributed by atoms with Crippen LogP contribution in [0.25, 0.3) is 0 Å². The quantitative estimate of drug-likeness (QED) is 0.887. The molecule has 1 aliphatic carbocycles. The fourth-order valence-corrected chi connectivity index (χ4v) is 2.63. The summed E-state index contributed by atoms with van der Waals surface area (Å²) in [4.78, 5) is 0. The Morgan fingerprint density at radius 2 is 2.06 bits per heavy atom. The van der Waals surface area contributed by atoms with Crippen molar-refractivity contribution in [3.63, 3.8) is 0 Å². The van der Waals surface area contributed by atoms with Crippen LogP contribution in [0.2, 0.25) is 0 Å². The Kier molecular flexibility index (Phi) is 4.48. The second-order valence-corrected chi connectivity index (χ2v) is 5.07. The molecule has 0 radical (unpaired) electrons. The van der Waals surface area contributed by atoms with Gasteiger partial charge in [-0.2, -0.15) is 0 Å². The summed E-state index contributed by atoms with van der Waals surface area (Å²) in [7, 11) is 3.53. The van der Waals surface area contributed by atoms with E-state index in [4.69, 9.17) is 9.47 Å². The molecule has 0 spiro atoms. The minimum absolute atomic E-state index is 0.396. The second kappa shape index (κ2) is 6.10. The van der Waals surface area contributed by atoms with E-state index in [2.05, 4.69) is 30.4 Å². The number of ether oxygens (including phenoxy) is 2. The van der Waals surface area contributed by atoms with E-state index in [-0.39, 0.29) is 0 Å². The van der Waals surface area contributed by atoms with Crippen molar-refractivity contribution in [3.05, 3.63) is 23.8 Å². The highest BCUT2D eigenvalue weighted by molar-refractivity contribution is 5.58. The van der Waals surface area contributed by atoms with Crippen molar-refractivity contribution in [2.24, 2.45) is 0 Å². The second-order valence-electron chi connectivity index (χ2n) is 5.07. The molecule has 18 heavy (non-hydrogen) atoms. The highest BCUT2D eigenvalue weighted by Crippen LogP contribution is 2.29. The number of anilines is 1. The Balaban J connectivity index is 2.04. The van der Waals surface area contributed by atoms with Gasteiger partial charge >= 0.3 is 0 Å². The van der Waals surface area contributed by atoms with Crippen molar-refractivity contribution in [1.29, 1.82) is 0 Å². The van der Waals surface area contributed by atoms with Crippen molar-refractivity contribution in [1.82, 2.24) is 0 Å². The largest absolute Gasteiger partial charge is 0.495 e. The molecular formula is C15H23NO2. The Morgan fingerprint density at radius 3 is 2.78 bits per heavy atom. The van der Waals surface area contributed by atoms with Gasteiger partial charge in [0, 0.05) is 13.2 Å². The molecule has 1 saturated carbocycles. The van der Waals surface area contributed by atoms with E-state index in [9.17, 15) is 0 Å². The van der Waals surface area contributed by atoms with E-state index in [1.54, 1.807) is 14.2 Å². The molecule has 2 unspecified atom stereocenters. The lowest BCUT2D eigenvalue weighted by atomic mass is 9.92. The van der Waals surface area contributed by atoms with Crippen molar-refractivity contribution < 1.29 is 9.47 Å². The Hall–Kier alpha value is -1.22. The summed E-state index contributed by atoms with van der Waals surface area (Å²) < 4.78 is 10.9. The van der Waals surface area contributed by atoms with Gasteiger partial charge in [0.1, 0.15) is 5.75 Å². The molecule has 0 bridgehead atoms. The van der Waals surface area contributed by atoms with Crippen LogP contribution in [-0.2, 0) is 4.74 Å². The minimum atomic E-state index is 0.396. The molecule has 0 heterocycles. The summed E-state index contributed by atoms with van der Waals surface area (Å²) in [5, 5.41) is 3.59. The molecule has 0 saturated heterocycles. The van der Waals surface area contributed by atoms with Crippen LogP contribution in [0.4, 0.5) is 5.69 Å². The maximum absolute atomic E-state index is 5.46. The predicted octanol–water partition coefficient (Wildman–Crippen LogP) is 3.37. The lowest BCUT2D eigenvalue weighted by molar-refractivity contribution is 0.0669. The number of aryl methyl sites for hydroxylation is 1. The first-order valence-corrected chi connectivity index (χ1v) is 6.67. The maximum atomic E-state index is 5.46. The van der Waals surface area contributed by atoms with Crippen molar-refractivity contribution in [3.8, 4) is 5.75 Å². The van der Waals surface area contributed by atoms with Crippen LogP contribution in [0.3, 0.4) is 0 Å². The van der Waals surface area contributed by atoms with Crippen molar-refractivity contribution in [2.45, 2.75) is 44.8 Å². The molecule has 0 aliphatic heterocycles. The van der Waals surface area contributed by atoms with E-state index in [0.717, 1.165) is 17.9 Å².